The minimum absolute atomic E-state index is 0.748. The van der Waals surface area contributed by atoms with E-state index in [1.54, 1.807) is 11.3 Å². The molecule has 0 spiro atoms. The van der Waals surface area contributed by atoms with Crippen LogP contribution in [0.25, 0.3) is 0 Å². The third kappa shape index (κ3) is 2.26. The lowest BCUT2D eigenvalue weighted by Crippen LogP contribution is -2.16. The molecule has 0 unspecified atom stereocenters. The first-order valence-electron chi connectivity index (χ1n) is 6.93. The Labute approximate surface area is 117 Å². The molecule has 0 saturated heterocycles. The molecule has 4 rings (SSSR count). The summed E-state index contributed by atoms with van der Waals surface area (Å²) < 4.78 is 0. The molecule has 1 aromatic carbocycles. The number of para-hydroxylation sites is 1. The number of hydrogen-bond acceptors (Lipinski definition) is 4. The van der Waals surface area contributed by atoms with Gasteiger partial charge < -0.3 is 10.2 Å². The monoisotopic (exact) mass is 271 g/mol. The Bertz CT molecular complexity index is 589. The molecule has 2 aromatic rings. The van der Waals surface area contributed by atoms with E-state index in [0.29, 0.717) is 0 Å². The van der Waals surface area contributed by atoms with Crippen LogP contribution in [0.15, 0.2) is 29.6 Å². The van der Waals surface area contributed by atoms with Gasteiger partial charge in [0.2, 0.25) is 0 Å². The van der Waals surface area contributed by atoms with E-state index >= 15 is 0 Å². The van der Waals surface area contributed by atoms with E-state index in [-0.39, 0.29) is 0 Å². The van der Waals surface area contributed by atoms with Crippen LogP contribution in [0.2, 0.25) is 0 Å². The van der Waals surface area contributed by atoms with Crippen molar-refractivity contribution in [3.05, 3.63) is 40.9 Å². The molecule has 2 aliphatic rings. The van der Waals surface area contributed by atoms with Crippen LogP contribution in [-0.2, 0) is 13.0 Å². The Kier molecular flexibility index (Phi) is 2.78. The molecule has 0 radical (unpaired) electrons. The van der Waals surface area contributed by atoms with Crippen molar-refractivity contribution in [3.8, 4) is 0 Å². The number of anilines is 2. The fourth-order valence-electron chi connectivity index (χ4n) is 2.57. The Morgan fingerprint density at radius 1 is 1.32 bits per heavy atom. The number of rotatable bonds is 4. The van der Waals surface area contributed by atoms with Gasteiger partial charge in [-0.1, -0.05) is 18.2 Å². The molecular formula is C15H17N3S. The third-order valence-electron chi connectivity index (χ3n) is 3.81. The first-order valence-corrected chi connectivity index (χ1v) is 7.81. The molecule has 1 aromatic heterocycles. The van der Waals surface area contributed by atoms with E-state index in [9.17, 15) is 0 Å². The number of nitrogens with one attached hydrogen (secondary N) is 1. The Hall–Kier alpha value is -1.39. The second kappa shape index (κ2) is 4.62. The van der Waals surface area contributed by atoms with Gasteiger partial charge in [0.1, 0.15) is 0 Å². The maximum atomic E-state index is 4.77. The number of aromatic nitrogens is 1. The maximum Gasteiger partial charge on any atom is 0.190 e. The minimum atomic E-state index is 0.748. The molecule has 1 aliphatic carbocycles. The predicted molar refractivity (Wildman–Crippen MR) is 79.1 cm³/mol. The summed E-state index contributed by atoms with van der Waals surface area (Å²) in [5.74, 6) is 0. The average molecular weight is 271 g/mol. The quantitative estimate of drug-likeness (QED) is 0.926. The molecule has 1 N–H and O–H groups in total. The normalized spacial score (nSPS) is 17.8. The molecule has 1 aliphatic heterocycles. The van der Waals surface area contributed by atoms with Crippen LogP contribution in [0.3, 0.4) is 0 Å². The van der Waals surface area contributed by atoms with Crippen LogP contribution in [0.5, 0.6) is 0 Å². The summed E-state index contributed by atoms with van der Waals surface area (Å²) in [5.41, 5.74) is 3.95. The van der Waals surface area contributed by atoms with Gasteiger partial charge in [-0.3, -0.25) is 0 Å². The summed E-state index contributed by atoms with van der Waals surface area (Å²) in [5, 5.41) is 6.84. The van der Waals surface area contributed by atoms with Crippen molar-refractivity contribution in [2.24, 2.45) is 0 Å². The molecular weight excluding hydrogens is 254 g/mol. The summed E-state index contributed by atoms with van der Waals surface area (Å²) in [6.45, 7) is 1.97. The molecule has 0 bridgehead atoms. The second-order valence-corrected chi connectivity index (χ2v) is 6.14. The van der Waals surface area contributed by atoms with E-state index in [1.165, 1.54) is 29.8 Å². The van der Waals surface area contributed by atoms with E-state index < -0.39 is 0 Å². The van der Waals surface area contributed by atoms with Crippen molar-refractivity contribution in [2.75, 3.05) is 11.4 Å². The summed E-state index contributed by atoms with van der Waals surface area (Å²) >= 11 is 1.76. The van der Waals surface area contributed by atoms with Crippen LogP contribution in [-0.4, -0.2) is 17.6 Å². The first kappa shape index (κ1) is 11.4. The lowest BCUT2D eigenvalue weighted by atomic mass is 10.2. The van der Waals surface area contributed by atoms with Crippen molar-refractivity contribution in [1.82, 2.24) is 10.3 Å². The Balaban J connectivity index is 1.53. The van der Waals surface area contributed by atoms with Gasteiger partial charge in [-0.2, -0.15) is 0 Å². The van der Waals surface area contributed by atoms with Gasteiger partial charge in [0.05, 0.1) is 5.69 Å². The molecule has 3 nitrogen and oxygen atoms in total. The smallest absolute Gasteiger partial charge is 0.190 e. The van der Waals surface area contributed by atoms with Gasteiger partial charge in [-0.15, -0.1) is 11.3 Å². The molecule has 1 fully saturated rings. The highest BCUT2D eigenvalue weighted by molar-refractivity contribution is 7.13. The third-order valence-corrected chi connectivity index (χ3v) is 4.72. The van der Waals surface area contributed by atoms with E-state index in [2.05, 4.69) is 39.9 Å². The first-order chi connectivity index (χ1) is 9.40. The Morgan fingerprint density at radius 2 is 2.21 bits per heavy atom. The topological polar surface area (TPSA) is 28.2 Å². The van der Waals surface area contributed by atoms with Gasteiger partial charge in [-0.05, 0) is 30.9 Å². The van der Waals surface area contributed by atoms with Gasteiger partial charge in [0, 0.05) is 30.2 Å². The van der Waals surface area contributed by atoms with Gasteiger partial charge >= 0.3 is 0 Å². The molecule has 1 saturated carbocycles. The maximum absolute atomic E-state index is 4.77. The van der Waals surface area contributed by atoms with Crippen LogP contribution in [0.4, 0.5) is 10.8 Å². The molecule has 19 heavy (non-hydrogen) atoms. The van der Waals surface area contributed by atoms with Gasteiger partial charge in [0.25, 0.3) is 0 Å². The fourth-order valence-corrected chi connectivity index (χ4v) is 3.44. The predicted octanol–water partition coefficient (Wildman–Crippen LogP) is 3.09. The fraction of sp³-hybridized carbons (Fsp3) is 0.400. The molecule has 98 valence electrons. The van der Waals surface area contributed by atoms with Crippen LogP contribution < -0.4 is 10.2 Å². The van der Waals surface area contributed by atoms with Gasteiger partial charge in [0.15, 0.2) is 5.13 Å². The molecule has 4 heteroatoms. The average Bonchev–Trinajstić information content (AvgIpc) is 3.00. The van der Waals surface area contributed by atoms with Crippen molar-refractivity contribution in [1.29, 1.82) is 0 Å². The van der Waals surface area contributed by atoms with Crippen LogP contribution in [0, 0.1) is 0 Å². The number of thiazole rings is 1. The van der Waals surface area contributed by atoms with Gasteiger partial charge in [-0.25, -0.2) is 4.98 Å². The summed E-state index contributed by atoms with van der Waals surface area (Å²) in [4.78, 5) is 7.12. The lowest BCUT2D eigenvalue weighted by molar-refractivity contribution is 0.677. The van der Waals surface area contributed by atoms with Crippen LogP contribution >= 0.6 is 11.3 Å². The summed E-state index contributed by atoms with van der Waals surface area (Å²) in [6.07, 6.45) is 3.79. The summed E-state index contributed by atoms with van der Waals surface area (Å²) in [6, 6.07) is 9.40. The molecule has 0 atom stereocenters. The second-order valence-electron chi connectivity index (χ2n) is 5.31. The van der Waals surface area contributed by atoms with Crippen molar-refractivity contribution in [2.45, 2.75) is 31.8 Å². The minimum Gasteiger partial charge on any atom is -0.317 e. The number of fused-ring (bicyclic) bond motifs is 1. The zero-order valence-electron chi connectivity index (χ0n) is 10.8. The highest BCUT2D eigenvalue weighted by atomic mass is 32.1. The van der Waals surface area contributed by atoms with E-state index in [4.69, 9.17) is 4.98 Å². The highest BCUT2D eigenvalue weighted by Crippen LogP contribution is 2.35. The number of nitrogens with zero attached hydrogens (tertiary/aromatic N) is 2. The van der Waals surface area contributed by atoms with E-state index in [0.717, 1.165) is 30.7 Å². The van der Waals surface area contributed by atoms with Crippen molar-refractivity contribution >= 4 is 22.2 Å². The Morgan fingerprint density at radius 3 is 3.11 bits per heavy atom. The number of hydrogen-bond donors (Lipinski definition) is 1. The lowest BCUT2D eigenvalue weighted by Gasteiger charge is -2.15. The van der Waals surface area contributed by atoms with Crippen molar-refractivity contribution in [3.63, 3.8) is 0 Å². The largest absolute Gasteiger partial charge is 0.317 e. The summed E-state index contributed by atoms with van der Waals surface area (Å²) in [7, 11) is 0. The van der Waals surface area contributed by atoms with Crippen molar-refractivity contribution < 1.29 is 0 Å². The molecule has 2 heterocycles. The molecule has 0 amide bonds. The zero-order valence-corrected chi connectivity index (χ0v) is 11.6. The standard InChI is InChI=1S/C15H17N3S/c1-2-4-14-11(3-1)7-8-18(14)15-17-13(10-19-15)9-16-12-5-6-12/h1-4,10,12,16H,5-9H2. The van der Waals surface area contributed by atoms with E-state index in [1.807, 2.05) is 0 Å². The number of benzene rings is 1. The van der Waals surface area contributed by atoms with Crippen LogP contribution in [0.1, 0.15) is 24.1 Å². The zero-order chi connectivity index (χ0) is 12.7. The SMILES string of the molecule is c1ccc2c(c1)CCN2c1nc(CNC2CC2)cs1. The highest BCUT2D eigenvalue weighted by Gasteiger charge is 2.23.